The number of urea groups is 1. The number of nitrogens with zero attached hydrogens (tertiary/aromatic N) is 4. The van der Waals surface area contributed by atoms with Crippen molar-refractivity contribution in [3.63, 3.8) is 0 Å². The Morgan fingerprint density at radius 3 is 2.42 bits per heavy atom. The van der Waals surface area contributed by atoms with Crippen LogP contribution in [0.5, 0.6) is 0 Å². The van der Waals surface area contributed by atoms with Gasteiger partial charge in [0.25, 0.3) is 5.91 Å². The van der Waals surface area contributed by atoms with Crippen LogP contribution in [-0.2, 0) is 11.3 Å². The average Bonchev–Trinajstić information content (AvgIpc) is 3.38. The fourth-order valence-corrected chi connectivity index (χ4v) is 6.15. The van der Waals surface area contributed by atoms with Crippen molar-refractivity contribution in [1.29, 1.82) is 0 Å². The second-order valence-electron chi connectivity index (χ2n) is 10.3. The van der Waals surface area contributed by atoms with E-state index >= 15 is 0 Å². The maximum Gasteiger partial charge on any atom is 0.327 e. The third-order valence-corrected chi connectivity index (χ3v) is 7.96. The number of imide groups is 1. The smallest absolute Gasteiger partial charge is 0.327 e. The van der Waals surface area contributed by atoms with Gasteiger partial charge in [-0.3, -0.25) is 9.69 Å². The average molecular weight is 517 g/mol. The minimum absolute atomic E-state index is 0.121. The summed E-state index contributed by atoms with van der Waals surface area (Å²) in [5.41, 5.74) is 3.81. The summed E-state index contributed by atoms with van der Waals surface area (Å²) in [5.74, 6) is -0.557. The van der Waals surface area contributed by atoms with Gasteiger partial charge in [-0.1, -0.05) is 30.3 Å². The molecule has 0 saturated carbocycles. The highest BCUT2D eigenvalue weighted by Gasteiger charge is 2.43. The van der Waals surface area contributed by atoms with Crippen molar-refractivity contribution in [1.82, 2.24) is 14.7 Å². The van der Waals surface area contributed by atoms with Gasteiger partial charge in [0.05, 0.1) is 6.54 Å². The zero-order valence-corrected chi connectivity index (χ0v) is 21.1. The van der Waals surface area contributed by atoms with Crippen LogP contribution in [0.1, 0.15) is 29.9 Å². The molecule has 0 bridgehead atoms. The standard InChI is InChI=1S/C30H30F2N4O2/c31-22-7-10-24(11-8-22)36-27-12-9-23(32)17-25(27)26-19-33(16-13-28(26)36)14-4-15-34-20-29(37)35(30(34)38)18-21-5-2-1-3-6-21/h1-3,5-12,17,26,28H,4,13-16,18-20H2. The first-order valence-electron chi connectivity index (χ1n) is 13.2. The summed E-state index contributed by atoms with van der Waals surface area (Å²) >= 11 is 0. The minimum Gasteiger partial charge on any atom is -0.337 e. The van der Waals surface area contributed by atoms with E-state index in [0.717, 1.165) is 55.0 Å². The number of hydrogen-bond acceptors (Lipinski definition) is 4. The van der Waals surface area contributed by atoms with Gasteiger partial charge in [0, 0.05) is 43.0 Å². The summed E-state index contributed by atoms with van der Waals surface area (Å²) in [6, 6.07) is 20.9. The van der Waals surface area contributed by atoms with Gasteiger partial charge in [-0.2, -0.15) is 0 Å². The lowest BCUT2D eigenvalue weighted by molar-refractivity contribution is -0.125. The number of rotatable bonds is 7. The lowest BCUT2D eigenvalue weighted by Gasteiger charge is -2.39. The lowest BCUT2D eigenvalue weighted by Crippen LogP contribution is -2.45. The van der Waals surface area contributed by atoms with E-state index in [9.17, 15) is 18.4 Å². The molecule has 196 valence electrons. The number of fused-ring (bicyclic) bond motifs is 3. The molecule has 0 aromatic heterocycles. The number of piperidine rings is 1. The predicted octanol–water partition coefficient (Wildman–Crippen LogP) is 5.13. The Hall–Kier alpha value is -3.78. The van der Waals surface area contributed by atoms with Crippen LogP contribution in [0, 0.1) is 11.6 Å². The molecule has 2 unspecified atom stereocenters. The molecule has 8 heteroatoms. The number of carbonyl (C=O) groups is 2. The molecule has 2 fully saturated rings. The number of amides is 3. The first-order valence-corrected chi connectivity index (χ1v) is 13.2. The molecule has 3 aliphatic heterocycles. The topological polar surface area (TPSA) is 47.1 Å². The van der Waals surface area contributed by atoms with Crippen molar-refractivity contribution in [2.45, 2.75) is 31.3 Å². The van der Waals surface area contributed by atoms with E-state index < -0.39 is 0 Å². The van der Waals surface area contributed by atoms with Gasteiger partial charge in [-0.25, -0.2) is 13.6 Å². The number of hydrogen-bond donors (Lipinski definition) is 0. The third kappa shape index (κ3) is 4.65. The quantitative estimate of drug-likeness (QED) is 0.409. The zero-order chi connectivity index (χ0) is 26.2. The number of carbonyl (C=O) groups excluding carboxylic acids is 2. The Bertz CT molecular complexity index is 1330. The van der Waals surface area contributed by atoms with E-state index in [1.807, 2.05) is 36.4 Å². The molecule has 3 aromatic rings. The number of anilines is 2. The molecule has 0 aliphatic carbocycles. The zero-order valence-electron chi connectivity index (χ0n) is 21.1. The summed E-state index contributed by atoms with van der Waals surface area (Å²) in [7, 11) is 0. The Morgan fingerprint density at radius 2 is 1.63 bits per heavy atom. The summed E-state index contributed by atoms with van der Waals surface area (Å²) in [4.78, 5) is 32.9. The van der Waals surface area contributed by atoms with Gasteiger partial charge in [0.1, 0.15) is 18.2 Å². The second kappa shape index (κ2) is 10.2. The minimum atomic E-state index is -0.278. The fourth-order valence-electron chi connectivity index (χ4n) is 6.15. The maximum absolute atomic E-state index is 14.3. The summed E-state index contributed by atoms with van der Waals surface area (Å²) in [5, 5.41) is 0. The molecule has 38 heavy (non-hydrogen) atoms. The van der Waals surface area contributed by atoms with Gasteiger partial charge >= 0.3 is 6.03 Å². The van der Waals surface area contributed by atoms with Crippen LogP contribution in [0.3, 0.4) is 0 Å². The Morgan fingerprint density at radius 1 is 0.868 bits per heavy atom. The molecule has 0 spiro atoms. The van der Waals surface area contributed by atoms with E-state index in [0.29, 0.717) is 13.1 Å². The van der Waals surface area contributed by atoms with E-state index in [1.165, 1.54) is 23.1 Å². The molecule has 6 rings (SSSR count). The van der Waals surface area contributed by atoms with E-state index in [2.05, 4.69) is 9.80 Å². The first kappa shape index (κ1) is 24.6. The maximum atomic E-state index is 14.3. The lowest BCUT2D eigenvalue weighted by atomic mass is 9.89. The molecular formula is C30H30F2N4O2. The number of likely N-dealkylation sites (tertiary alicyclic amines) is 1. The van der Waals surface area contributed by atoms with E-state index in [-0.39, 0.29) is 42.1 Å². The molecule has 0 N–H and O–H groups in total. The molecule has 0 radical (unpaired) electrons. The van der Waals surface area contributed by atoms with Crippen LogP contribution in [0.2, 0.25) is 0 Å². The van der Waals surface area contributed by atoms with Crippen molar-refractivity contribution >= 4 is 23.3 Å². The fraction of sp³-hybridized carbons (Fsp3) is 0.333. The molecule has 3 amide bonds. The molecule has 6 nitrogen and oxygen atoms in total. The molecule has 2 atom stereocenters. The second-order valence-corrected chi connectivity index (χ2v) is 10.3. The Balaban J connectivity index is 1.09. The van der Waals surface area contributed by atoms with Gasteiger partial charge in [0.2, 0.25) is 0 Å². The van der Waals surface area contributed by atoms with Gasteiger partial charge < -0.3 is 14.7 Å². The Labute approximate surface area is 221 Å². The van der Waals surface area contributed by atoms with Crippen LogP contribution in [-0.4, -0.2) is 65.4 Å². The molecule has 2 saturated heterocycles. The van der Waals surface area contributed by atoms with Gasteiger partial charge in [-0.15, -0.1) is 0 Å². The van der Waals surface area contributed by atoms with Crippen LogP contribution in [0.25, 0.3) is 0 Å². The SMILES string of the molecule is O=C1CN(CCCN2CCC3C(C2)c2cc(F)ccc2N3c2ccc(F)cc2)C(=O)N1Cc1ccccc1. The van der Waals surface area contributed by atoms with Crippen LogP contribution in [0.15, 0.2) is 72.8 Å². The first-order chi connectivity index (χ1) is 18.5. The van der Waals surface area contributed by atoms with Crippen molar-refractivity contribution in [3.8, 4) is 0 Å². The molecule has 3 heterocycles. The highest BCUT2D eigenvalue weighted by atomic mass is 19.1. The monoisotopic (exact) mass is 516 g/mol. The van der Waals surface area contributed by atoms with E-state index in [4.69, 9.17) is 0 Å². The van der Waals surface area contributed by atoms with Crippen molar-refractivity contribution in [2.75, 3.05) is 37.6 Å². The number of benzene rings is 3. The highest BCUT2D eigenvalue weighted by molar-refractivity contribution is 6.01. The van der Waals surface area contributed by atoms with Gasteiger partial charge in [-0.05, 0) is 73.0 Å². The molecular weight excluding hydrogens is 486 g/mol. The van der Waals surface area contributed by atoms with Crippen molar-refractivity contribution < 1.29 is 18.4 Å². The van der Waals surface area contributed by atoms with Crippen LogP contribution >= 0.6 is 0 Å². The third-order valence-electron chi connectivity index (χ3n) is 7.96. The largest absolute Gasteiger partial charge is 0.337 e. The summed E-state index contributed by atoms with van der Waals surface area (Å²) < 4.78 is 27.8. The predicted molar refractivity (Wildman–Crippen MR) is 141 cm³/mol. The van der Waals surface area contributed by atoms with Crippen molar-refractivity contribution in [3.05, 3.63) is 95.6 Å². The summed E-state index contributed by atoms with van der Waals surface area (Å²) in [6.07, 6.45) is 1.65. The highest BCUT2D eigenvalue weighted by Crippen LogP contribution is 2.48. The van der Waals surface area contributed by atoms with E-state index in [1.54, 1.807) is 23.1 Å². The number of halogens is 2. The molecule has 3 aliphatic rings. The van der Waals surface area contributed by atoms with Crippen LogP contribution in [0.4, 0.5) is 25.0 Å². The molecule has 3 aromatic carbocycles. The summed E-state index contributed by atoms with van der Waals surface area (Å²) in [6.45, 7) is 3.39. The normalized spacial score (nSPS) is 21.3. The van der Waals surface area contributed by atoms with Gasteiger partial charge in [0.15, 0.2) is 0 Å². The van der Waals surface area contributed by atoms with Crippen molar-refractivity contribution in [2.24, 2.45) is 0 Å². The van der Waals surface area contributed by atoms with Crippen LogP contribution < -0.4 is 4.90 Å². The Kier molecular flexibility index (Phi) is 6.57.